The van der Waals surface area contributed by atoms with Crippen molar-refractivity contribution in [3.63, 3.8) is 0 Å². The van der Waals surface area contributed by atoms with Gasteiger partial charge in [0, 0.05) is 32.4 Å². The number of aryl methyl sites for hydroxylation is 1. The molecule has 0 amide bonds. The lowest BCUT2D eigenvalue weighted by Crippen LogP contribution is -2.34. The average molecular weight is 387 g/mol. The lowest BCUT2D eigenvalue weighted by atomic mass is 10.1. The number of benzene rings is 1. The Hall–Kier alpha value is -2.61. The van der Waals surface area contributed by atoms with Gasteiger partial charge in [0.25, 0.3) is 12.0 Å². The molecule has 148 valence electrons. The molecule has 3 heterocycles. The van der Waals surface area contributed by atoms with Gasteiger partial charge in [0.15, 0.2) is 0 Å². The van der Waals surface area contributed by atoms with Crippen LogP contribution in [0.5, 0.6) is 0 Å². The van der Waals surface area contributed by atoms with E-state index in [0.29, 0.717) is 16.7 Å². The van der Waals surface area contributed by atoms with Crippen LogP contribution in [0.15, 0.2) is 41.5 Å². The highest BCUT2D eigenvalue weighted by Gasteiger charge is 2.31. The fourth-order valence-corrected chi connectivity index (χ4v) is 4.02. The first-order valence-electron chi connectivity index (χ1n) is 9.52. The molecule has 1 aromatic carbocycles. The van der Waals surface area contributed by atoms with E-state index in [9.17, 15) is 13.6 Å². The Morgan fingerprint density at radius 1 is 1.29 bits per heavy atom. The number of nitrogens with zero attached hydrogens (tertiary/aromatic N) is 5. The summed E-state index contributed by atoms with van der Waals surface area (Å²) < 4.78 is 29.6. The quantitative estimate of drug-likeness (QED) is 0.653. The zero-order valence-corrected chi connectivity index (χ0v) is 15.8. The third-order valence-electron chi connectivity index (χ3n) is 5.42. The first-order chi connectivity index (χ1) is 13.5. The van der Waals surface area contributed by atoms with Crippen molar-refractivity contribution in [1.82, 2.24) is 24.0 Å². The second-order valence-corrected chi connectivity index (χ2v) is 7.19. The Labute approximate surface area is 161 Å². The third kappa shape index (κ3) is 3.56. The smallest absolute Gasteiger partial charge is 0.261 e. The summed E-state index contributed by atoms with van der Waals surface area (Å²) in [6, 6.07) is 6.80. The van der Waals surface area contributed by atoms with Gasteiger partial charge in [0.2, 0.25) is 0 Å². The van der Waals surface area contributed by atoms with Gasteiger partial charge in [-0.3, -0.25) is 14.3 Å². The van der Waals surface area contributed by atoms with Crippen molar-refractivity contribution in [2.75, 3.05) is 13.1 Å². The second-order valence-electron chi connectivity index (χ2n) is 7.19. The van der Waals surface area contributed by atoms with Gasteiger partial charge in [-0.2, -0.15) is 0 Å². The molecule has 1 atom stereocenters. The number of hydrogen-bond acceptors (Lipinski definition) is 4. The molecule has 8 heteroatoms. The number of hydrogen-bond donors (Lipinski definition) is 0. The summed E-state index contributed by atoms with van der Waals surface area (Å²) in [5.41, 5.74) is 0.167. The molecule has 1 aliphatic heterocycles. The van der Waals surface area contributed by atoms with Crippen molar-refractivity contribution in [2.45, 2.75) is 38.3 Å². The van der Waals surface area contributed by atoms with Crippen LogP contribution in [0.1, 0.15) is 30.5 Å². The summed E-state index contributed by atoms with van der Waals surface area (Å²) in [5.74, 6) is 1.42. The summed E-state index contributed by atoms with van der Waals surface area (Å²) in [7, 11) is 1.95. The van der Waals surface area contributed by atoms with E-state index >= 15 is 0 Å². The highest BCUT2D eigenvalue weighted by Crippen LogP contribution is 2.31. The molecule has 0 aliphatic carbocycles. The summed E-state index contributed by atoms with van der Waals surface area (Å²) in [6.07, 6.45) is 3.57. The maximum atomic E-state index is 13.2. The lowest BCUT2D eigenvalue weighted by molar-refractivity contribution is 0.120. The lowest BCUT2D eigenvalue weighted by Gasteiger charge is -2.26. The van der Waals surface area contributed by atoms with E-state index in [1.807, 2.05) is 23.9 Å². The molecule has 4 rings (SSSR count). The van der Waals surface area contributed by atoms with E-state index in [4.69, 9.17) is 0 Å². The van der Waals surface area contributed by atoms with Crippen LogP contribution in [0.3, 0.4) is 0 Å². The number of likely N-dealkylation sites (tertiary alicyclic amines) is 1. The summed E-state index contributed by atoms with van der Waals surface area (Å²) >= 11 is 0. The number of para-hydroxylation sites is 1. The predicted octanol–water partition coefficient (Wildman–Crippen LogP) is 2.77. The van der Waals surface area contributed by atoms with Crippen molar-refractivity contribution >= 4 is 10.9 Å². The standard InChI is InChI=1S/C20H23F2N5O/c1-25-12-9-23-18(25)8-11-26-10-4-7-16(26)19-24-15-6-3-2-5-14(15)20(28)27(19)13-17(21)22/h2-3,5-6,9,12,16-17H,4,7-8,10-11,13H2,1H3. The topological polar surface area (TPSA) is 56.0 Å². The number of alkyl halides is 2. The van der Waals surface area contributed by atoms with E-state index in [-0.39, 0.29) is 6.04 Å². The maximum Gasteiger partial charge on any atom is 0.261 e. The van der Waals surface area contributed by atoms with Gasteiger partial charge in [-0.15, -0.1) is 0 Å². The van der Waals surface area contributed by atoms with Crippen LogP contribution in [0.2, 0.25) is 0 Å². The van der Waals surface area contributed by atoms with E-state index < -0.39 is 18.5 Å². The fourth-order valence-electron chi connectivity index (χ4n) is 4.02. The van der Waals surface area contributed by atoms with E-state index in [2.05, 4.69) is 14.9 Å². The molecule has 0 spiro atoms. The molecule has 0 saturated carbocycles. The Bertz CT molecular complexity index is 1030. The molecule has 2 aromatic heterocycles. The molecule has 0 radical (unpaired) electrons. The zero-order chi connectivity index (χ0) is 19.7. The SMILES string of the molecule is Cn1ccnc1CCN1CCCC1c1nc2ccccc2c(=O)n1CC(F)F. The predicted molar refractivity (Wildman–Crippen MR) is 102 cm³/mol. The maximum absolute atomic E-state index is 13.2. The molecule has 1 saturated heterocycles. The van der Waals surface area contributed by atoms with Crippen LogP contribution in [0.25, 0.3) is 10.9 Å². The molecule has 0 bridgehead atoms. The van der Waals surface area contributed by atoms with Crippen LogP contribution >= 0.6 is 0 Å². The third-order valence-corrected chi connectivity index (χ3v) is 5.42. The Kier molecular flexibility index (Phi) is 5.21. The van der Waals surface area contributed by atoms with Gasteiger partial charge in [-0.25, -0.2) is 18.7 Å². The van der Waals surface area contributed by atoms with Gasteiger partial charge in [-0.1, -0.05) is 12.1 Å². The highest BCUT2D eigenvalue weighted by atomic mass is 19.3. The number of halogens is 2. The van der Waals surface area contributed by atoms with Crippen LogP contribution in [0.4, 0.5) is 8.78 Å². The van der Waals surface area contributed by atoms with E-state index in [1.54, 1.807) is 24.4 Å². The second kappa shape index (κ2) is 7.79. The number of aromatic nitrogens is 4. The minimum absolute atomic E-state index is 0.142. The van der Waals surface area contributed by atoms with Crippen molar-refractivity contribution in [2.24, 2.45) is 7.05 Å². The van der Waals surface area contributed by atoms with Crippen molar-refractivity contribution in [3.05, 3.63) is 58.7 Å². The minimum Gasteiger partial charge on any atom is -0.338 e. The average Bonchev–Trinajstić information content (AvgIpc) is 3.30. The molecule has 6 nitrogen and oxygen atoms in total. The van der Waals surface area contributed by atoms with Gasteiger partial charge < -0.3 is 4.57 Å². The van der Waals surface area contributed by atoms with Gasteiger partial charge in [-0.05, 0) is 31.5 Å². The van der Waals surface area contributed by atoms with Crippen LogP contribution in [0, 0.1) is 0 Å². The van der Waals surface area contributed by atoms with Crippen LogP contribution in [-0.4, -0.2) is 43.5 Å². The normalized spacial score (nSPS) is 17.8. The Balaban J connectivity index is 1.69. The minimum atomic E-state index is -2.61. The largest absolute Gasteiger partial charge is 0.338 e. The molecule has 3 aromatic rings. The molecule has 1 unspecified atom stereocenters. The summed E-state index contributed by atoms with van der Waals surface area (Å²) in [4.78, 5) is 24.1. The molecular weight excluding hydrogens is 364 g/mol. The summed E-state index contributed by atoms with van der Waals surface area (Å²) in [6.45, 7) is 0.967. The fraction of sp³-hybridized carbons (Fsp3) is 0.450. The van der Waals surface area contributed by atoms with Crippen molar-refractivity contribution in [1.29, 1.82) is 0 Å². The van der Waals surface area contributed by atoms with Crippen molar-refractivity contribution in [3.8, 4) is 0 Å². The molecule has 1 aliphatic rings. The molecule has 28 heavy (non-hydrogen) atoms. The monoisotopic (exact) mass is 387 g/mol. The molecular formula is C20H23F2N5O. The van der Waals surface area contributed by atoms with Crippen LogP contribution < -0.4 is 5.56 Å². The van der Waals surface area contributed by atoms with Gasteiger partial charge in [0.05, 0.1) is 23.5 Å². The van der Waals surface area contributed by atoms with E-state index in [0.717, 1.165) is 38.2 Å². The Morgan fingerprint density at radius 3 is 2.86 bits per heavy atom. The summed E-state index contributed by atoms with van der Waals surface area (Å²) in [5, 5.41) is 0.379. The number of imidazole rings is 1. The highest BCUT2D eigenvalue weighted by molar-refractivity contribution is 5.77. The zero-order valence-electron chi connectivity index (χ0n) is 15.8. The van der Waals surface area contributed by atoms with Crippen LogP contribution in [-0.2, 0) is 20.0 Å². The van der Waals surface area contributed by atoms with Gasteiger partial charge in [0.1, 0.15) is 11.6 Å². The van der Waals surface area contributed by atoms with Crippen molar-refractivity contribution < 1.29 is 8.78 Å². The molecule has 0 N–H and O–H groups in total. The van der Waals surface area contributed by atoms with Gasteiger partial charge >= 0.3 is 0 Å². The first-order valence-corrected chi connectivity index (χ1v) is 9.52. The first kappa shape index (κ1) is 18.7. The number of rotatable bonds is 6. The molecule has 1 fully saturated rings. The Morgan fingerprint density at radius 2 is 2.11 bits per heavy atom. The van der Waals surface area contributed by atoms with E-state index in [1.165, 1.54) is 4.57 Å². The number of fused-ring (bicyclic) bond motifs is 1.